The minimum absolute atomic E-state index is 0.137. The molecule has 1 fully saturated rings. The molecule has 3 rings (SSSR count). The van der Waals surface area contributed by atoms with E-state index in [2.05, 4.69) is 19.6 Å². The van der Waals surface area contributed by atoms with E-state index in [-0.39, 0.29) is 11.8 Å². The van der Waals surface area contributed by atoms with Gasteiger partial charge in [0.05, 0.1) is 17.4 Å². The molecule has 0 spiro atoms. The number of likely N-dealkylation sites (tertiary alicyclic amines) is 1. The van der Waals surface area contributed by atoms with E-state index in [0.717, 1.165) is 17.6 Å². The summed E-state index contributed by atoms with van der Waals surface area (Å²) in [5, 5.41) is 3.56. The van der Waals surface area contributed by atoms with Crippen molar-refractivity contribution >= 4 is 16.9 Å². The molecular weight excluding hydrogens is 268 g/mol. The third-order valence-corrected chi connectivity index (χ3v) is 3.84. The van der Waals surface area contributed by atoms with Crippen LogP contribution in [0.25, 0.3) is 21.5 Å². The zero-order valence-electron chi connectivity index (χ0n) is 11.6. The van der Waals surface area contributed by atoms with Gasteiger partial charge >= 0.3 is 0 Å². The van der Waals surface area contributed by atoms with Crippen molar-refractivity contribution in [1.82, 2.24) is 14.5 Å². The maximum Gasteiger partial charge on any atom is 0.222 e. The fourth-order valence-corrected chi connectivity index (χ4v) is 2.76. The average molecular weight is 284 g/mol. The molecular formula is C14H16N6O. The first-order chi connectivity index (χ1) is 10.3. The van der Waals surface area contributed by atoms with Crippen molar-refractivity contribution in [2.24, 2.45) is 11.0 Å². The van der Waals surface area contributed by atoms with E-state index in [0.29, 0.717) is 26.1 Å². The van der Waals surface area contributed by atoms with Crippen LogP contribution in [-0.4, -0.2) is 40.0 Å². The fourth-order valence-electron chi connectivity index (χ4n) is 2.76. The monoisotopic (exact) mass is 284 g/mol. The summed E-state index contributed by atoms with van der Waals surface area (Å²) >= 11 is 0. The highest BCUT2D eigenvalue weighted by Crippen LogP contribution is 2.19. The van der Waals surface area contributed by atoms with E-state index < -0.39 is 0 Å². The summed E-state index contributed by atoms with van der Waals surface area (Å²) in [6.45, 7) is 2.45. The van der Waals surface area contributed by atoms with Crippen LogP contribution in [0, 0.1) is 5.92 Å². The molecule has 108 valence electrons. The number of aromatic nitrogens is 2. The first-order valence-corrected chi connectivity index (χ1v) is 6.96. The number of carbonyl (C=O) groups excluding carboxylic acids is 1. The van der Waals surface area contributed by atoms with Gasteiger partial charge in [-0.3, -0.25) is 4.79 Å². The van der Waals surface area contributed by atoms with E-state index in [1.165, 1.54) is 0 Å². The Labute approximate surface area is 121 Å². The van der Waals surface area contributed by atoms with Gasteiger partial charge in [0.15, 0.2) is 0 Å². The van der Waals surface area contributed by atoms with Crippen LogP contribution < -0.4 is 0 Å². The van der Waals surface area contributed by atoms with Crippen LogP contribution in [-0.2, 0) is 11.3 Å². The van der Waals surface area contributed by atoms with Crippen molar-refractivity contribution in [3.8, 4) is 0 Å². The van der Waals surface area contributed by atoms with Crippen molar-refractivity contribution in [2.45, 2.75) is 13.0 Å². The lowest BCUT2D eigenvalue weighted by molar-refractivity contribution is -0.127. The second-order valence-electron chi connectivity index (χ2n) is 5.25. The average Bonchev–Trinajstić information content (AvgIpc) is 3.06. The van der Waals surface area contributed by atoms with Crippen LogP contribution in [0.3, 0.4) is 0 Å². The van der Waals surface area contributed by atoms with E-state index in [4.69, 9.17) is 5.53 Å². The van der Waals surface area contributed by atoms with E-state index >= 15 is 0 Å². The number of amides is 1. The second-order valence-corrected chi connectivity index (χ2v) is 5.25. The highest BCUT2D eigenvalue weighted by atomic mass is 16.2. The van der Waals surface area contributed by atoms with Gasteiger partial charge < -0.3 is 9.47 Å². The quantitative estimate of drug-likeness (QED) is 0.478. The van der Waals surface area contributed by atoms with Crippen LogP contribution >= 0.6 is 0 Å². The molecule has 1 aromatic heterocycles. The molecule has 0 aliphatic carbocycles. The number of imidazole rings is 1. The second kappa shape index (κ2) is 5.85. The van der Waals surface area contributed by atoms with E-state index in [1.807, 2.05) is 35.5 Å². The molecule has 7 nitrogen and oxygen atoms in total. The summed E-state index contributed by atoms with van der Waals surface area (Å²) in [4.78, 5) is 20.9. The van der Waals surface area contributed by atoms with Crippen LogP contribution in [0.4, 0.5) is 0 Å². The van der Waals surface area contributed by atoms with E-state index in [9.17, 15) is 4.79 Å². The van der Waals surface area contributed by atoms with Gasteiger partial charge in [0.1, 0.15) is 0 Å². The fraction of sp³-hybridized carbons (Fsp3) is 0.429. The Morgan fingerprint density at radius 2 is 2.24 bits per heavy atom. The number of azide groups is 1. The van der Waals surface area contributed by atoms with Crippen LogP contribution in [0.1, 0.15) is 6.42 Å². The minimum atomic E-state index is 0.137. The Hall–Kier alpha value is -2.53. The summed E-state index contributed by atoms with van der Waals surface area (Å²) in [5.74, 6) is 0.283. The number of para-hydroxylation sites is 2. The molecule has 21 heavy (non-hydrogen) atoms. The van der Waals surface area contributed by atoms with Gasteiger partial charge in [0.25, 0.3) is 0 Å². The lowest BCUT2D eigenvalue weighted by atomic mass is 10.1. The predicted octanol–water partition coefficient (Wildman–Crippen LogP) is 2.20. The molecule has 1 saturated heterocycles. The largest absolute Gasteiger partial charge is 0.341 e. The van der Waals surface area contributed by atoms with Gasteiger partial charge in [-0.15, -0.1) is 0 Å². The van der Waals surface area contributed by atoms with Gasteiger partial charge in [0.2, 0.25) is 5.91 Å². The molecule has 0 saturated carbocycles. The summed E-state index contributed by atoms with van der Waals surface area (Å²) in [6, 6.07) is 7.95. The van der Waals surface area contributed by atoms with Crippen molar-refractivity contribution in [1.29, 1.82) is 0 Å². The zero-order chi connectivity index (χ0) is 14.7. The van der Waals surface area contributed by atoms with Crippen LogP contribution in [0.2, 0.25) is 0 Å². The zero-order valence-corrected chi connectivity index (χ0v) is 11.6. The molecule has 7 heteroatoms. The normalized spacial score (nSPS) is 18.2. The maximum absolute atomic E-state index is 11.9. The number of rotatable bonds is 5. The minimum Gasteiger partial charge on any atom is -0.341 e. The van der Waals surface area contributed by atoms with Gasteiger partial charge in [-0.25, -0.2) is 4.98 Å². The first-order valence-electron chi connectivity index (χ1n) is 6.96. The SMILES string of the molecule is [N-]=[N+]=NCC1CC(=O)N(CCn2cnc3ccccc32)C1. The Bertz CT molecular complexity index is 702. The molecule has 0 bridgehead atoms. The Kier molecular flexibility index (Phi) is 3.75. The van der Waals surface area contributed by atoms with Gasteiger partial charge in [-0.2, -0.15) is 0 Å². The van der Waals surface area contributed by atoms with Crippen molar-refractivity contribution in [3.05, 3.63) is 41.0 Å². The number of fused-ring (bicyclic) bond motifs is 1. The molecule has 0 radical (unpaired) electrons. The first kappa shape index (κ1) is 13.5. The Balaban J connectivity index is 1.62. The number of carbonyl (C=O) groups is 1. The van der Waals surface area contributed by atoms with E-state index in [1.54, 1.807) is 0 Å². The van der Waals surface area contributed by atoms with Gasteiger partial charge in [-0.1, -0.05) is 17.2 Å². The third-order valence-electron chi connectivity index (χ3n) is 3.84. The summed E-state index contributed by atoms with van der Waals surface area (Å²) < 4.78 is 2.06. The lowest BCUT2D eigenvalue weighted by Gasteiger charge is -2.16. The molecule has 1 atom stereocenters. The molecule has 1 aromatic carbocycles. The van der Waals surface area contributed by atoms with Crippen molar-refractivity contribution < 1.29 is 4.79 Å². The molecule has 1 aliphatic rings. The summed E-state index contributed by atoms with van der Waals surface area (Å²) in [7, 11) is 0. The predicted molar refractivity (Wildman–Crippen MR) is 78.4 cm³/mol. The smallest absolute Gasteiger partial charge is 0.222 e. The standard InChI is InChI=1S/C14H16N6O/c15-18-17-8-11-7-14(21)19(9-11)5-6-20-10-16-12-3-1-2-4-13(12)20/h1-4,10-11H,5-9H2. The maximum atomic E-state index is 11.9. The lowest BCUT2D eigenvalue weighted by Crippen LogP contribution is -2.29. The van der Waals surface area contributed by atoms with Crippen LogP contribution in [0.15, 0.2) is 35.7 Å². The number of hydrogen-bond acceptors (Lipinski definition) is 3. The molecule has 2 aromatic rings. The van der Waals surface area contributed by atoms with Gasteiger partial charge in [0, 0.05) is 37.5 Å². The number of benzene rings is 1. The Morgan fingerprint density at radius 3 is 3.10 bits per heavy atom. The molecule has 2 heterocycles. The molecule has 0 N–H and O–H groups in total. The topological polar surface area (TPSA) is 86.9 Å². The summed E-state index contributed by atoms with van der Waals surface area (Å²) in [5.41, 5.74) is 10.4. The highest BCUT2D eigenvalue weighted by Gasteiger charge is 2.28. The van der Waals surface area contributed by atoms with Gasteiger partial charge in [-0.05, 0) is 23.6 Å². The number of hydrogen-bond donors (Lipinski definition) is 0. The molecule has 1 aliphatic heterocycles. The Morgan fingerprint density at radius 1 is 1.38 bits per heavy atom. The molecule has 1 unspecified atom stereocenters. The molecule has 1 amide bonds. The van der Waals surface area contributed by atoms with Crippen molar-refractivity contribution in [3.63, 3.8) is 0 Å². The summed E-state index contributed by atoms with van der Waals surface area (Å²) in [6.07, 6.45) is 2.28. The number of nitrogens with zero attached hydrogens (tertiary/aromatic N) is 6. The third kappa shape index (κ3) is 2.83. The van der Waals surface area contributed by atoms with Crippen LogP contribution in [0.5, 0.6) is 0 Å². The highest BCUT2D eigenvalue weighted by molar-refractivity contribution is 5.78. The van der Waals surface area contributed by atoms with Crippen molar-refractivity contribution in [2.75, 3.05) is 19.6 Å².